The molecule has 0 aliphatic carbocycles. The van der Waals surface area contributed by atoms with Crippen molar-refractivity contribution in [1.29, 1.82) is 0 Å². The molecule has 0 aromatic heterocycles. The normalized spacial score (nSPS) is 31.3. The molecule has 2 saturated heterocycles. The molecule has 2 amide bonds. The van der Waals surface area contributed by atoms with Crippen LogP contribution < -0.4 is 21.1 Å². The van der Waals surface area contributed by atoms with Crippen molar-refractivity contribution in [3.8, 4) is 5.75 Å². The van der Waals surface area contributed by atoms with Crippen LogP contribution in [0.3, 0.4) is 0 Å². The maximum Gasteiger partial charge on any atom is 0.243 e. The summed E-state index contributed by atoms with van der Waals surface area (Å²) in [5.41, 5.74) is 7.01. The Hall–Kier alpha value is -2.12. The summed E-state index contributed by atoms with van der Waals surface area (Å²) in [5, 5.41) is 6.37. The summed E-state index contributed by atoms with van der Waals surface area (Å²) in [6.07, 6.45) is 3.14. The molecule has 0 radical (unpaired) electrons. The van der Waals surface area contributed by atoms with Crippen molar-refractivity contribution < 1.29 is 14.3 Å². The highest BCUT2D eigenvalue weighted by Gasteiger charge is 2.43. The third-order valence-corrected chi connectivity index (χ3v) is 5.67. The van der Waals surface area contributed by atoms with Gasteiger partial charge in [-0.1, -0.05) is 18.2 Å². The highest BCUT2D eigenvalue weighted by atomic mass is 16.5. The monoisotopic (exact) mass is 358 g/mol. The summed E-state index contributed by atoms with van der Waals surface area (Å²) in [6, 6.07) is 6.80. The molecular weight excluding hydrogens is 332 g/mol. The van der Waals surface area contributed by atoms with Gasteiger partial charge in [-0.15, -0.1) is 0 Å². The maximum atomic E-state index is 13.0. The number of nitrogens with zero attached hydrogens (tertiary/aromatic N) is 1. The first-order chi connectivity index (χ1) is 12.6. The van der Waals surface area contributed by atoms with Gasteiger partial charge in [0, 0.05) is 24.6 Å². The van der Waals surface area contributed by atoms with Crippen molar-refractivity contribution >= 4 is 11.8 Å². The molecule has 4 N–H and O–H groups in total. The Labute approximate surface area is 153 Å². The minimum Gasteiger partial charge on any atom is -0.493 e. The predicted octanol–water partition coefficient (Wildman–Crippen LogP) is 0.307. The number of benzene rings is 1. The Kier molecular flexibility index (Phi) is 4.82. The lowest BCUT2D eigenvalue weighted by atomic mass is 10.00. The van der Waals surface area contributed by atoms with Gasteiger partial charge in [0.25, 0.3) is 0 Å². The number of hydrogen-bond acceptors (Lipinski definition) is 5. The number of nitrogens with one attached hydrogen (secondary N) is 2. The number of nitrogens with two attached hydrogens (primary N) is 1. The van der Waals surface area contributed by atoms with Crippen LogP contribution in [-0.2, 0) is 9.59 Å². The van der Waals surface area contributed by atoms with Crippen LogP contribution in [0.4, 0.5) is 0 Å². The number of fused-ring (bicyclic) bond motifs is 2. The quantitative estimate of drug-likeness (QED) is 0.707. The number of carbonyl (C=O) groups excluding carboxylic acids is 2. The third-order valence-electron chi connectivity index (χ3n) is 5.67. The van der Waals surface area contributed by atoms with E-state index in [0.717, 1.165) is 37.1 Å². The van der Waals surface area contributed by atoms with Gasteiger partial charge < -0.3 is 26.0 Å². The minimum atomic E-state index is -0.588. The first-order valence-electron chi connectivity index (χ1n) is 9.45. The van der Waals surface area contributed by atoms with Crippen molar-refractivity contribution in [2.45, 2.75) is 49.9 Å². The van der Waals surface area contributed by atoms with Gasteiger partial charge in [-0.25, -0.2) is 0 Å². The average molecular weight is 358 g/mol. The number of para-hydroxylation sites is 1. The number of ether oxygens (including phenoxy) is 1. The molecule has 26 heavy (non-hydrogen) atoms. The Morgan fingerprint density at radius 2 is 2.08 bits per heavy atom. The second kappa shape index (κ2) is 7.25. The summed E-state index contributed by atoms with van der Waals surface area (Å²) < 4.78 is 5.67. The van der Waals surface area contributed by atoms with Crippen LogP contribution in [0.25, 0.3) is 0 Å². The van der Waals surface area contributed by atoms with Crippen LogP contribution in [0.5, 0.6) is 5.75 Å². The molecule has 7 heteroatoms. The first-order valence-corrected chi connectivity index (χ1v) is 9.45. The predicted molar refractivity (Wildman–Crippen MR) is 96.6 cm³/mol. The molecular formula is C19H26N4O3. The molecule has 4 rings (SSSR count). The van der Waals surface area contributed by atoms with Gasteiger partial charge in [-0.2, -0.15) is 0 Å². The maximum absolute atomic E-state index is 13.0. The second-order valence-corrected chi connectivity index (χ2v) is 7.33. The van der Waals surface area contributed by atoms with E-state index in [1.165, 1.54) is 0 Å². The van der Waals surface area contributed by atoms with E-state index in [-0.39, 0.29) is 23.9 Å². The summed E-state index contributed by atoms with van der Waals surface area (Å²) in [6.45, 7) is 1.86. The van der Waals surface area contributed by atoms with Crippen molar-refractivity contribution in [3.05, 3.63) is 29.8 Å². The van der Waals surface area contributed by atoms with E-state index < -0.39 is 12.1 Å². The zero-order valence-electron chi connectivity index (χ0n) is 14.8. The van der Waals surface area contributed by atoms with Crippen LogP contribution in [-0.4, -0.2) is 54.5 Å². The standard InChI is InChI=1S/C19H26N4O3/c20-14-11-21-9-7-12-5-6-16(23(12)19(14)25)18(24)22-15-8-10-26-17-4-2-1-3-13(15)17/h1-4,12,14-16,21H,5-11,20H2,(H,22,24)/t12-,14+,15-,16+/m1/s1. The van der Waals surface area contributed by atoms with E-state index in [1.54, 1.807) is 4.90 Å². The first kappa shape index (κ1) is 17.3. The molecule has 0 spiro atoms. The Balaban J connectivity index is 1.51. The van der Waals surface area contributed by atoms with Crippen LogP contribution in [0.15, 0.2) is 24.3 Å². The lowest BCUT2D eigenvalue weighted by Crippen LogP contribution is -2.58. The topological polar surface area (TPSA) is 96.7 Å². The van der Waals surface area contributed by atoms with Gasteiger partial charge in [0.15, 0.2) is 0 Å². The van der Waals surface area contributed by atoms with E-state index in [4.69, 9.17) is 10.5 Å². The molecule has 3 heterocycles. The molecule has 3 aliphatic heterocycles. The molecule has 7 nitrogen and oxygen atoms in total. The fourth-order valence-corrected chi connectivity index (χ4v) is 4.32. The molecule has 140 valence electrons. The van der Waals surface area contributed by atoms with Crippen molar-refractivity contribution in [2.75, 3.05) is 19.7 Å². The minimum absolute atomic E-state index is 0.0771. The fraction of sp³-hybridized carbons (Fsp3) is 0.579. The number of carbonyl (C=O) groups is 2. The highest BCUT2D eigenvalue weighted by Crippen LogP contribution is 2.33. The Bertz CT molecular complexity index is 695. The van der Waals surface area contributed by atoms with Gasteiger partial charge in [0.1, 0.15) is 11.8 Å². The fourth-order valence-electron chi connectivity index (χ4n) is 4.32. The Morgan fingerprint density at radius 3 is 2.96 bits per heavy atom. The lowest BCUT2D eigenvalue weighted by molar-refractivity contribution is -0.142. The van der Waals surface area contributed by atoms with Crippen molar-refractivity contribution in [1.82, 2.24) is 15.5 Å². The van der Waals surface area contributed by atoms with E-state index in [9.17, 15) is 9.59 Å². The molecule has 0 bridgehead atoms. The van der Waals surface area contributed by atoms with Gasteiger partial charge >= 0.3 is 0 Å². The molecule has 0 unspecified atom stereocenters. The molecule has 4 atom stereocenters. The SMILES string of the molecule is N[C@H]1CNCC[C@H]2CC[C@@H](C(=O)N[C@@H]3CCOc4ccccc43)N2C1=O. The van der Waals surface area contributed by atoms with Crippen molar-refractivity contribution in [2.24, 2.45) is 5.73 Å². The van der Waals surface area contributed by atoms with Crippen molar-refractivity contribution in [3.63, 3.8) is 0 Å². The van der Waals surface area contributed by atoms with Gasteiger partial charge in [0.05, 0.1) is 18.7 Å². The van der Waals surface area contributed by atoms with E-state index in [2.05, 4.69) is 10.6 Å². The molecule has 1 aromatic carbocycles. The molecule has 0 saturated carbocycles. The average Bonchev–Trinajstić information content (AvgIpc) is 3.07. The van der Waals surface area contributed by atoms with Crippen LogP contribution >= 0.6 is 0 Å². The zero-order valence-corrected chi connectivity index (χ0v) is 14.8. The van der Waals surface area contributed by atoms with Gasteiger partial charge in [-0.3, -0.25) is 9.59 Å². The zero-order chi connectivity index (χ0) is 18.1. The van der Waals surface area contributed by atoms with Crippen LogP contribution in [0, 0.1) is 0 Å². The largest absolute Gasteiger partial charge is 0.493 e. The van der Waals surface area contributed by atoms with E-state index in [0.29, 0.717) is 19.6 Å². The summed E-state index contributed by atoms with van der Waals surface area (Å²) in [5.74, 6) is 0.624. The van der Waals surface area contributed by atoms with Crippen LogP contribution in [0.1, 0.15) is 37.3 Å². The number of amides is 2. The smallest absolute Gasteiger partial charge is 0.243 e. The number of rotatable bonds is 2. The summed E-state index contributed by atoms with van der Waals surface area (Å²) in [4.78, 5) is 27.5. The van der Waals surface area contributed by atoms with Gasteiger partial charge in [-0.05, 0) is 31.9 Å². The molecule has 2 fully saturated rings. The second-order valence-electron chi connectivity index (χ2n) is 7.33. The molecule has 3 aliphatic rings. The van der Waals surface area contributed by atoms with E-state index in [1.807, 2.05) is 24.3 Å². The summed E-state index contributed by atoms with van der Waals surface area (Å²) in [7, 11) is 0. The Morgan fingerprint density at radius 1 is 1.23 bits per heavy atom. The number of hydrogen-bond donors (Lipinski definition) is 3. The molecule has 1 aromatic rings. The lowest BCUT2D eigenvalue weighted by Gasteiger charge is -2.35. The van der Waals surface area contributed by atoms with Crippen LogP contribution in [0.2, 0.25) is 0 Å². The van der Waals surface area contributed by atoms with E-state index >= 15 is 0 Å². The third kappa shape index (κ3) is 3.17. The van der Waals surface area contributed by atoms with Gasteiger partial charge in [0.2, 0.25) is 11.8 Å². The summed E-state index contributed by atoms with van der Waals surface area (Å²) >= 11 is 0. The highest BCUT2D eigenvalue weighted by molar-refractivity contribution is 5.91.